The fraction of sp³-hybridized carbons (Fsp3) is 0.585. The number of allylic oxidation sites excluding steroid dienone is 3. The molecule has 2 saturated heterocycles. The summed E-state index contributed by atoms with van der Waals surface area (Å²) in [5.74, 6) is -3.67. The second-order valence-corrected chi connectivity index (χ2v) is 24.4. The van der Waals surface area contributed by atoms with Crippen LogP contribution in [-0.4, -0.2) is 133 Å². The number of aliphatic hydroxyl groups is 1. The van der Waals surface area contributed by atoms with Gasteiger partial charge in [-0.25, -0.2) is 9.59 Å². The van der Waals surface area contributed by atoms with Crippen molar-refractivity contribution >= 4 is 81.3 Å². The Morgan fingerprint density at radius 1 is 1.01 bits per heavy atom. The number of hydrogen-bond acceptors (Lipinski definition) is 16. The number of carbonyl (C=O) groups excluding carboxylic acids is 8. The van der Waals surface area contributed by atoms with Gasteiger partial charge in [0.25, 0.3) is 0 Å². The number of esters is 2. The van der Waals surface area contributed by atoms with Crippen LogP contribution in [0.2, 0.25) is 5.02 Å². The Balaban J connectivity index is 1.21. The monoisotopic (exact) mass is 1230 g/mol. The maximum absolute atomic E-state index is 14.6. The predicted molar refractivity (Wildman–Crippen MR) is 329 cm³/mol. The summed E-state index contributed by atoms with van der Waals surface area (Å²) in [6.07, 6.45) is 5.18. The molecule has 3 aromatic rings. The minimum Gasteiger partial charge on any atom is -0.495 e. The number of epoxide rings is 1. The third-order valence-corrected chi connectivity index (χ3v) is 17.5. The molecule has 0 aliphatic carbocycles. The van der Waals surface area contributed by atoms with Crippen molar-refractivity contribution in [1.82, 2.24) is 15.6 Å². The Hall–Kier alpha value is -6.94. The molecule has 5 amide bonds. The lowest BCUT2D eigenvalue weighted by Gasteiger charge is -2.41. The summed E-state index contributed by atoms with van der Waals surface area (Å²) >= 11 is 6.89. The van der Waals surface area contributed by atoms with E-state index in [2.05, 4.69) is 20.9 Å². The molecule has 6 rings (SSSR count). The highest BCUT2D eigenvalue weighted by molar-refractivity contribution is 6.35. The summed E-state index contributed by atoms with van der Waals surface area (Å²) in [6.45, 7) is 15.0. The number of amides is 5. The lowest BCUT2D eigenvalue weighted by Crippen LogP contribution is -2.53. The van der Waals surface area contributed by atoms with Gasteiger partial charge in [0.2, 0.25) is 11.8 Å². The summed E-state index contributed by atoms with van der Waals surface area (Å²) in [6, 6.07) is 8.36. The Morgan fingerprint density at radius 3 is 2.43 bits per heavy atom. The first-order valence-electron chi connectivity index (χ1n) is 30.3. The molecule has 3 aliphatic heterocycles. The summed E-state index contributed by atoms with van der Waals surface area (Å²) in [5, 5.41) is 21.0. The number of urea groups is 1. The number of hydrogen-bond donors (Lipinski definition) is 5. The first-order valence-corrected chi connectivity index (χ1v) is 30.7. The molecule has 1 aromatic heterocycles. The molecule has 476 valence electrons. The number of methoxy groups -OCH3 is 2. The number of fused-ring (bicyclic) bond motifs is 6. The van der Waals surface area contributed by atoms with Crippen molar-refractivity contribution in [2.75, 3.05) is 38.0 Å². The number of aromatic nitrogens is 1. The molecule has 1 unspecified atom stereocenters. The summed E-state index contributed by atoms with van der Waals surface area (Å²) in [4.78, 5) is 114. The number of nitrogens with zero attached hydrogens (tertiary/aromatic N) is 2. The second-order valence-electron chi connectivity index (χ2n) is 24.0. The standard InChI is InChI=1S/C65H89ClN6O15/c1-12-42(13-2)61(78)84-39(6)20-14-15-21-44(73)33-46(37(3)4)60(77)70-48(23-18-28-69-62(67)79)50(74)32-43-25-26-47(45-22-17-27-68-58(43)45)71-63(80)86-54-34-55(75)72(9)49-30-41(31-51(82-10)57(49)66)29-38(5)19-16-24-53(83-11)65(81)35-52(85-56(76)36-65)40(7)59-64(54,8)87-59/h16-17,19,22,24-27,30-31,37,39-40,42,46,48,52-54,59,81H,12-15,18,20-21,23,28-29,32-36H2,1-11H3,(H,70,77)(H,71,80)(H3,67,69,79)/b24-16+,38-19+/t39?,40-,46+,48+,52+,53-,54+,59+,64+,65-/m1/s1. The number of unbranched alkanes of at least 4 members (excludes halogenated alkanes) is 1. The van der Waals surface area contributed by atoms with Gasteiger partial charge in [0.15, 0.2) is 5.78 Å². The van der Waals surface area contributed by atoms with Crippen molar-refractivity contribution in [1.29, 1.82) is 0 Å². The zero-order valence-corrected chi connectivity index (χ0v) is 52.9. The van der Waals surface area contributed by atoms with Gasteiger partial charge in [0, 0.05) is 69.8 Å². The van der Waals surface area contributed by atoms with Gasteiger partial charge in [-0.3, -0.25) is 39.1 Å². The van der Waals surface area contributed by atoms with Crippen molar-refractivity contribution in [3.63, 3.8) is 0 Å². The van der Waals surface area contributed by atoms with Gasteiger partial charge in [-0.05, 0) is 120 Å². The van der Waals surface area contributed by atoms with E-state index in [1.165, 1.54) is 25.3 Å². The predicted octanol–water partition coefficient (Wildman–Crippen LogP) is 9.38. The van der Waals surface area contributed by atoms with E-state index in [0.29, 0.717) is 66.4 Å². The van der Waals surface area contributed by atoms with Gasteiger partial charge in [0.1, 0.15) is 46.1 Å². The average molecular weight is 1230 g/mol. The van der Waals surface area contributed by atoms with Crippen molar-refractivity contribution in [2.24, 2.45) is 29.4 Å². The van der Waals surface area contributed by atoms with Gasteiger partial charge in [-0.2, -0.15) is 0 Å². The Kier molecular flexibility index (Phi) is 24.9. The zero-order valence-electron chi connectivity index (χ0n) is 52.2. The molecular formula is C65H89ClN6O15. The van der Waals surface area contributed by atoms with Crippen LogP contribution in [0.3, 0.4) is 0 Å². The first kappa shape index (κ1) is 69.2. The fourth-order valence-corrected chi connectivity index (χ4v) is 12.1. The highest BCUT2D eigenvalue weighted by Gasteiger charge is 2.64. The molecule has 22 heteroatoms. The van der Waals surface area contributed by atoms with E-state index in [9.17, 15) is 43.5 Å². The van der Waals surface area contributed by atoms with Crippen LogP contribution in [0.15, 0.2) is 66.4 Å². The van der Waals surface area contributed by atoms with Gasteiger partial charge < -0.3 is 54.8 Å². The molecule has 0 saturated carbocycles. The zero-order chi connectivity index (χ0) is 63.9. The number of ether oxygens (including phenoxy) is 6. The molecule has 0 spiro atoms. The van der Waals surface area contributed by atoms with Crippen LogP contribution in [0.25, 0.3) is 10.9 Å². The van der Waals surface area contributed by atoms with Gasteiger partial charge in [-0.15, -0.1) is 0 Å². The molecule has 2 aromatic carbocycles. The van der Waals surface area contributed by atoms with E-state index in [-0.39, 0.29) is 97.7 Å². The second kappa shape index (κ2) is 31.3. The summed E-state index contributed by atoms with van der Waals surface area (Å²) < 4.78 is 35.5. The Bertz CT molecular complexity index is 3040. The smallest absolute Gasteiger partial charge is 0.412 e. The lowest BCUT2D eigenvalue weighted by atomic mass is 9.78. The normalized spacial score (nSPS) is 24.3. The van der Waals surface area contributed by atoms with E-state index in [4.69, 9.17) is 45.8 Å². The highest BCUT2D eigenvalue weighted by atomic mass is 35.5. The van der Waals surface area contributed by atoms with Crippen molar-refractivity contribution in [3.05, 3.63) is 82.5 Å². The van der Waals surface area contributed by atoms with E-state index in [1.807, 2.05) is 47.6 Å². The quantitative estimate of drug-likeness (QED) is 0.0228. The molecule has 87 heavy (non-hydrogen) atoms. The van der Waals surface area contributed by atoms with Crippen LogP contribution in [-0.2, 0) is 65.3 Å². The van der Waals surface area contributed by atoms with E-state index in [1.54, 1.807) is 69.4 Å². The van der Waals surface area contributed by atoms with Crippen LogP contribution >= 0.6 is 11.6 Å². The van der Waals surface area contributed by atoms with E-state index in [0.717, 1.165) is 11.1 Å². The van der Waals surface area contributed by atoms with Gasteiger partial charge in [0.05, 0.1) is 61.0 Å². The molecule has 10 atom stereocenters. The van der Waals surface area contributed by atoms with Gasteiger partial charge in [-0.1, -0.05) is 76.1 Å². The minimum atomic E-state index is -1.65. The van der Waals surface area contributed by atoms with Crippen molar-refractivity contribution in [2.45, 2.75) is 193 Å². The topological polar surface area (TPSA) is 294 Å². The van der Waals surface area contributed by atoms with E-state index >= 15 is 0 Å². The molecule has 0 radical (unpaired) electrons. The van der Waals surface area contributed by atoms with Gasteiger partial charge >= 0.3 is 24.1 Å². The average Bonchev–Trinajstić information content (AvgIpc) is 1.61. The van der Waals surface area contributed by atoms with Crippen LogP contribution in [0, 0.1) is 23.7 Å². The van der Waals surface area contributed by atoms with Crippen LogP contribution in [0.1, 0.15) is 144 Å². The first-order chi connectivity index (χ1) is 41.2. The Labute approximate surface area is 515 Å². The number of anilines is 2. The Morgan fingerprint density at radius 2 is 1.75 bits per heavy atom. The fourth-order valence-electron chi connectivity index (χ4n) is 11.7. The van der Waals surface area contributed by atoms with Crippen molar-refractivity contribution < 1.29 is 71.9 Å². The largest absolute Gasteiger partial charge is 0.495 e. The molecule has 6 N–H and O–H groups in total. The number of halogens is 1. The van der Waals surface area contributed by atoms with Crippen LogP contribution < -0.4 is 31.3 Å². The number of pyridine rings is 1. The third kappa shape index (κ3) is 18.3. The maximum atomic E-state index is 14.6. The summed E-state index contributed by atoms with van der Waals surface area (Å²) in [7, 11) is 4.48. The van der Waals surface area contributed by atoms with Crippen LogP contribution in [0.5, 0.6) is 5.75 Å². The maximum Gasteiger partial charge on any atom is 0.412 e. The molecular weight excluding hydrogens is 1140 g/mol. The minimum absolute atomic E-state index is 0.00443. The molecule has 21 nitrogen and oxygen atoms in total. The summed E-state index contributed by atoms with van der Waals surface area (Å²) in [5.41, 5.74) is 5.45. The number of carbonyl (C=O) groups is 8. The van der Waals surface area contributed by atoms with E-state index < -0.39 is 89.8 Å². The number of Topliss-reactive ketones (excluding diaryl/α,β-unsaturated/α-hetero) is 2. The molecule has 4 bridgehead atoms. The number of rotatable bonds is 25. The van der Waals surface area contributed by atoms with Crippen LogP contribution in [0.4, 0.5) is 21.0 Å². The molecule has 4 heterocycles. The number of primary amides is 1. The third-order valence-electron chi connectivity index (χ3n) is 17.1. The number of benzene rings is 2. The highest BCUT2D eigenvalue weighted by Crippen LogP contribution is 2.50. The number of nitrogens with one attached hydrogen (secondary N) is 3. The SMILES string of the molecule is CCC(CC)C(=O)OC(C)CCCCC(=O)C[C@H](C(=O)N[C@@H](CCCNC(N)=O)C(=O)Cc1ccc(NC(=O)O[C@H]2CC(=O)N(C)c3cc(cc(OC)c3Cl)C/C(C)=C/C=C/[C@@H](OC)[C@]3(O)CC(=O)O[C@@H](C3)[C@@H](C)[C@@H]3O[C@@]23C)c2cccnc12)C(C)C. The molecule has 2 fully saturated rings. The lowest BCUT2D eigenvalue weighted by molar-refractivity contribution is -0.187. The number of nitrogens with two attached hydrogens (primary N) is 1. The van der Waals surface area contributed by atoms with Crippen molar-refractivity contribution in [3.8, 4) is 5.75 Å². The molecule has 3 aliphatic rings. The number of ketones is 2.